The quantitative estimate of drug-likeness (QED) is 0.801. The first-order chi connectivity index (χ1) is 8.56. The van der Waals surface area contributed by atoms with Gasteiger partial charge in [-0.15, -0.1) is 0 Å². The van der Waals surface area contributed by atoms with Crippen LogP contribution in [-0.2, 0) is 4.79 Å². The van der Waals surface area contributed by atoms with Crippen LogP contribution < -0.4 is 5.32 Å². The van der Waals surface area contributed by atoms with Crippen LogP contribution in [-0.4, -0.2) is 52.6 Å². The van der Waals surface area contributed by atoms with Crippen molar-refractivity contribution in [3.63, 3.8) is 0 Å². The molecule has 1 unspecified atom stereocenters. The zero-order valence-electron chi connectivity index (χ0n) is 11.0. The molecule has 0 radical (unpaired) electrons. The number of amides is 2. The molecule has 0 spiro atoms. The molecule has 0 aromatic heterocycles. The van der Waals surface area contributed by atoms with Gasteiger partial charge in [-0.25, -0.2) is 9.59 Å². The van der Waals surface area contributed by atoms with Gasteiger partial charge in [0.1, 0.15) is 6.04 Å². The molecule has 1 rings (SSSR count). The molecule has 1 heterocycles. The topological polar surface area (TPSA) is 69.6 Å². The van der Waals surface area contributed by atoms with Crippen LogP contribution in [0.2, 0.25) is 0 Å². The summed E-state index contributed by atoms with van der Waals surface area (Å²) in [6, 6.07) is -0.816. The SMILES string of the molecule is CSCC[C@@H](NC(=O)N1CCCCC1C)C(=O)O. The molecule has 2 amide bonds. The number of nitrogens with one attached hydrogen (secondary N) is 1. The van der Waals surface area contributed by atoms with Gasteiger partial charge in [0.15, 0.2) is 0 Å². The van der Waals surface area contributed by atoms with Crippen LogP contribution in [0, 0.1) is 0 Å². The number of thioether (sulfide) groups is 1. The maximum absolute atomic E-state index is 12.0. The van der Waals surface area contributed by atoms with Gasteiger partial charge in [-0.05, 0) is 44.6 Å². The Morgan fingerprint density at radius 1 is 1.50 bits per heavy atom. The summed E-state index contributed by atoms with van der Waals surface area (Å²) in [7, 11) is 0. The second-order valence-corrected chi connectivity index (χ2v) is 5.65. The number of carboxylic acids is 1. The molecule has 18 heavy (non-hydrogen) atoms. The normalized spacial score (nSPS) is 21.4. The Balaban J connectivity index is 2.51. The monoisotopic (exact) mass is 274 g/mol. The van der Waals surface area contributed by atoms with Gasteiger partial charge in [0.25, 0.3) is 0 Å². The molecule has 0 saturated carbocycles. The zero-order valence-corrected chi connectivity index (χ0v) is 11.8. The number of rotatable bonds is 5. The molecule has 0 aromatic carbocycles. The average Bonchev–Trinajstić information content (AvgIpc) is 2.34. The molecule has 0 aliphatic carbocycles. The Hall–Kier alpha value is -0.910. The van der Waals surface area contributed by atoms with Crippen molar-refractivity contribution >= 4 is 23.8 Å². The number of likely N-dealkylation sites (tertiary alicyclic amines) is 1. The number of carbonyl (C=O) groups is 2. The van der Waals surface area contributed by atoms with Crippen molar-refractivity contribution in [1.82, 2.24) is 10.2 Å². The number of hydrogen-bond acceptors (Lipinski definition) is 3. The number of urea groups is 1. The van der Waals surface area contributed by atoms with Crippen molar-refractivity contribution in [2.45, 2.75) is 44.7 Å². The predicted molar refractivity (Wildman–Crippen MR) is 73.0 cm³/mol. The van der Waals surface area contributed by atoms with Crippen LogP contribution in [0.5, 0.6) is 0 Å². The molecule has 104 valence electrons. The highest BCUT2D eigenvalue weighted by Gasteiger charge is 2.27. The highest BCUT2D eigenvalue weighted by molar-refractivity contribution is 7.98. The van der Waals surface area contributed by atoms with E-state index in [2.05, 4.69) is 5.32 Å². The van der Waals surface area contributed by atoms with Crippen LogP contribution in [0.3, 0.4) is 0 Å². The van der Waals surface area contributed by atoms with Gasteiger partial charge >= 0.3 is 12.0 Å². The summed E-state index contributed by atoms with van der Waals surface area (Å²) in [5, 5.41) is 11.7. The minimum absolute atomic E-state index is 0.203. The first-order valence-corrected chi connectivity index (χ1v) is 7.74. The second-order valence-electron chi connectivity index (χ2n) is 4.66. The van der Waals surface area contributed by atoms with Crippen LogP contribution in [0.25, 0.3) is 0 Å². The van der Waals surface area contributed by atoms with Gasteiger partial charge in [0, 0.05) is 12.6 Å². The van der Waals surface area contributed by atoms with Gasteiger partial charge < -0.3 is 15.3 Å². The number of aliphatic carboxylic acids is 1. The Morgan fingerprint density at radius 3 is 2.78 bits per heavy atom. The Morgan fingerprint density at radius 2 is 2.22 bits per heavy atom. The molecule has 1 saturated heterocycles. The summed E-state index contributed by atoms with van der Waals surface area (Å²) in [6.07, 6.45) is 5.52. The number of piperidine rings is 1. The van der Waals surface area contributed by atoms with Crippen LogP contribution in [0.1, 0.15) is 32.6 Å². The van der Waals surface area contributed by atoms with Gasteiger partial charge in [-0.3, -0.25) is 0 Å². The van der Waals surface area contributed by atoms with E-state index < -0.39 is 12.0 Å². The molecule has 6 heteroatoms. The van der Waals surface area contributed by atoms with Crippen LogP contribution in [0.15, 0.2) is 0 Å². The summed E-state index contributed by atoms with van der Waals surface area (Å²) in [4.78, 5) is 24.8. The van der Waals surface area contributed by atoms with Gasteiger partial charge in [-0.1, -0.05) is 0 Å². The van der Waals surface area contributed by atoms with E-state index in [9.17, 15) is 9.59 Å². The van der Waals surface area contributed by atoms with E-state index in [0.717, 1.165) is 31.6 Å². The van der Waals surface area contributed by atoms with Gasteiger partial charge in [0.2, 0.25) is 0 Å². The molecule has 1 fully saturated rings. The Kier molecular flexibility index (Phi) is 6.32. The van der Waals surface area contributed by atoms with E-state index in [1.54, 1.807) is 16.7 Å². The largest absolute Gasteiger partial charge is 0.480 e. The Labute approximate surface area is 112 Å². The number of carbonyl (C=O) groups excluding carboxylic acids is 1. The zero-order chi connectivity index (χ0) is 13.5. The minimum atomic E-state index is -0.956. The predicted octanol–water partition coefficient (Wildman–Crippen LogP) is 1.78. The second kappa shape index (κ2) is 7.51. The molecule has 1 aliphatic heterocycles. The third-order valence-corrected chi connectivity index (χ3v) is 3.91. The van der Waals surface area contributed by atoms with E-state index in [1.807, 2.05) is 13.2 Å². The maximum atomic E-state index is 12.0. The fourth-order valence-corrected chi connectivity index (χ4v) is 2.60. The fourth-order valence-electron chi connectivity index (χ4n) is 2.12. The molecular formula is C12H22N2O3S. The minimum Gasteiger partial charge on any atom is -0.480 e. The first kappa shape index (κ1) is 15.1. The lowest BCUT2D eigenvalue weighted by molar-refractivity contribution is -0.139. The summed E-state index contributed by atoms with van der Waals surface area (Å²) in [6.45, 7) is 2.73. The summed E-state index contributed by atoms with van der Waals surface area (Å²) >= 11 is 1.58. The van der Waals surface area contributed by atoms with Gasteiger partial charge in [-0.2, -0.15) is 11.8 Å². The average molecular weight is 274 g/mol. The number of nitrogens with zero attached hydrogens (tertiary/aromatic N) is 1. The smallest absolute Gasteiger partial charge is 0.326 e. The molecule has 0 aromatic rings. The molecule has 0 bridgehead atoms. The molecular weight excluding hydrogens is 252 g/mol. The number of hydrogen-bond donors (Lipinski definition) is 2. The highest BCUT2D eigenvalue weighted by Crippen LogP contribution is 2.16. The lowest BCUT2D eigenvalue weighted by Gasteiger charge is -2.34. The summed E-state index contributed by atoms with van der Waals surface area (Å²) in [5.74, 6) is -0.227. The van der Waals surface area contributed by atoms with E-state index in [4.69, 9.17) is 5.11 Å². The molecule has 1 aliphatic rings. The van der Waals surface area contributed by atoms with E-state index in [1.165, 1.54) is 0 Å². The van der Waals surface area contributed by atoms with E-state index >= 15 is 0 Å². The lowest BCUT2D eigenvalue weighted by atomic mass is 10.0. The maximum Gasteiger partial charge on any atom is 0.326 e. The van der Waals surface area contributed by atoms with Crippen molar-refractivity contribution in [2.24, 2.45) is 0 Å². The van der Waals surface area contributed by atoms with Gasteiger partial charge in [0.05, 0.1) is 0 Å². The van der Waals surface area contributed by atoms with Crippen molar-refractivity contribution in [2.75, 3.05) is 18.6 Å². The van der Waals surface area contributed by atoms with E-state index in [0.29, 0.717) is 6.42 Å². The third kappa shape index (κ3) is 4.40. The van der Waals surface area contributed by atoms with E-state index in [-0.39, 0.29) is 12.1 Å². The van der Waals surface area contributed by atoms with Crippen molar-refractivity contribution < 1.29 is 14.7 Å². The number of carboxylic acid groups (broad SMARTS) is 1. The highest BCUT2D eigenvalue weighted by atomic mass is 32.2. The fraction of sp³-hybridized carbons (Fsp3) is 0.833. The molecule has 2 atom stereocenters. The lowest BCUT2D eigenvalue weighted by Crippen LogP contribution is -2.52. The molecule has 2 N–H and O–H groups in total. The van der Waals surface area contributed by atoms with Crippen molar-refractivity contribution in [3.8, 4) is 0 Å². The Bertz CT molecular complexity index is 299. The third-order valence-electron chi connectivity index (χ3n) is 3.27. The van der Waals surface area contributed by atoms with Crippen LogP contribution in [0.4, 0.5) is 4.79 Å². The van der Waals surface area contributed by atoms with Crippen molar-refractivity contribution in [3.05, 3.63) is 0 Å². The van der Waals surface area contributed by atoms with Crippen LogP contribution >= 0.6 is 11.8 Å². The summed E-state index contributed by atoms with van der Waals surface area (Å²) < 4.78 is 0. The van der Waals surface area contributed by atoms with Crippen molar-refractivity contribution in [1.29, 1.82) is 0 Å². The standard InChI is InChI=1S/C12H22N2O3S/c1-9-5-3-4-7-14(9)12(17)13-10(11(15)16)6-8-18-2/h9-10H,3-8H2,1-2H3,(H,13,17)(H,15,16)/t9?,10-/m1/s1. The first-order valence-electron chi connectivity index (χ1n) is 6.35. The molecule has 5 nitrogen and oxygen atoms in total. The summed E-state index contributed by atoms with van der Waals surface area (Å²) in [5.41, 5.74) is 0.